The summed E-state index contributed by atoms with van der Waals surface area (Å²) in [6, 6.07) is 5.10. The summed E-state index contributed by atoms with van der Waals surface area (Å²) in [6.07, 6.45) is -0.309. The largest absolute Gasteiger partial charge is 0.478 e. The Labute approximate surface area is 146 Å². The molecule has 1 aromatic rings. The van der Waals surface area contributed by atoms with Crippen molar-refractivity contribution in [3.05, 3.63) is 34.3 Å². The van der Waals surface area contributed by atoms with E-state index in [4.69, 9.17) is 16.3 Å². The molecule has 0 unspecified atom stereocenters. The summed E-state index contributed by atoms with van der Waals surface area (Å²) in [7, 11) is 0. The van der Waals surface area contributed by atoms with Crippen molar-refractivity contribution in [1.29, 1.82) is 0 Å². The molecule has 0 spiro atoms. The number of halogens is 1. The van der Waals surface area contributed by atoms with E-state index in [1.807, 2.05) is 20.8 Å². The molecular formula is C17H23ClN2O4. The average Bonchev–Trinajstić information content (AvgIpc) is 2.45. The Morgan fingerprint density at radius 1 is 1.21 bits per heavy atom. The molecule has 1 aromatic carbocycles. The maximum Gasteiger partial charge on any atom is 0.410 e. The van der Waals surface area contributed by atoms with Crippen LogP contribution in [0.25, 0.3) is 0 Å². The van der Waals surface area contributed by atoms with E-state index in [1.54, 1.807) is 23.1 Å². The molecule has 0 aliphatic carbocycles. The third-order valence-electron chi connectivity index (χ3n) is 3.73. The number of benzene rings is 1. The summed E-state index contributed by atoms with van der Waals surface area (Å²) < 4.78 is 5.37. The topological polar surface area (TPSA) is 70.1 Å². The van der Waals surface area contributed by atoms with Crippen LogP contribution in [-0.2, 0) is 11.3 Å². The second-order valence-electron chi connectivity index (χ2n) is 6.82. The summed E-state index contributed by atoms with van der Waals surface area (Å²) in [6.45, 7) is 8.44. The van der Waals surface area contributed by atoms with Gasteiger partial charge in [-0.15, -0.1) is 0 Å². The number of hydrogen-bond donors (Lipinski definition) is 1. The van der Waals surface area contributed by atoms with Gasteiger partial charge in [-0.05, 0) is 32.4 Å². The Morgan fingerprint density at radius 3 is 2.38 bits per heavy atom. The van der Waals surface area contributed by atoms with E-state index in [0.29, 0.717) is 38.3 Å². The lowest BCUT2D eigenvalue weighted by atomic mass is 10.1. The zero-order valence-corrected chi connectivity index (χ0v) is 15.0. The van der Waals surface area contributed by atoms with Crippen LogP contribution in [-0.4, -0.2) is 58.7 Å². The van der Waals surface area contributed by atoms with Crippen molar-refractivity contribution in [2.45, 2.75) is 32.9 Å². The lowest BCUT2D eigenvalue weighted by Crippen LogP contribution is -2.49. The van der Waals surface area contributed by atoms with Crippen molar-refractivity contribution >= 4 is 23.7 Å². The van der Waals surface area contributed by atoms with Crippen LogP contribution >= 0.6 is 11.6 Å². The molecule has 132 valence electrons. The van der Waals surface area contributed by atoms with Crippen molar-refractivity contribution < 1.29 is 19.4 Å². The Kier molecular flexibility index (Phi) is 5.72. The Morgan fingerprint density at radius 2 is 1.83 bits per heavy atom. The number of carboxylic acids is 1. The van der Waals surface area contributed by atoms with Gasteiger partial charge in [0.2, 0.25) is 0 Å². The number of carboxylic acid groups (broad SMARTS) is 1. The highest BCUT2D eigenvalue weighted by atomic mass is 35.5. The fraction of sp³-hybridized carbons (Fsp3) is 0.529. The number of nitrogens with zero attached hydrogens (tertiary/aromatic N) is 2. The van der Waals surface area contributed by atoms with Gasteiger partial charge in [-0.1, -0.05) is 23.7 Å². The molecule has 1 aliphatic heterocycles. The lowest BCUT2D eigenvalue weighted by molar-refractivity contribution is 0.0139. The van der Waals surface area contributed by atoms with E-state index in [2.05, 4.69) is 4.90 Å². The number of carbonyl (C=O) groups excluding carboxylic acids is 1. The standard InChI is InChI=1S/C17H23ClN2O4/c1-17(2,3)24-16(23)20-9-7-19(8-10-20)11-12-5-4-6-13(18)14(12)15(21)22/h4-6H,7-11H2,1-3H3,(H,21,22). The highest BCUT2D eigenvalue weighted by Crippen LogP contribution is 2.22. The maximum absolute atomic E-state index is 12.1. The first kappa shape index (κ1) is 18.5. The molecule has 1 N–H and O–H groups in total. The minimum Gasteiger partial charge on any atom is -0.478 e. The van der Waals surface area contributed by atoms with E-state index in [1.165, 1.54) is 0 Å². The highest BCUT2D eigenvalue weighted by Gasteiger charge is 2.26. The number of carbonyl (C=O) groups is 2. The van der Waals surface area contributed by atoms with Crippen LogP contribution in [0.3, 0.4) is 0 Å². The fourth-order valence-corrected chi connectivity index (χ4v) is 2.87. The molecule has 6 nitrogen and oxygen atoms in total. The van der Waals surface area contributed by atoms with Crippen LogP contribution in [0.1, 0.15) is 36.7 Å². The van der Waals surface area contributed by atoms with Gasteiger partial charge in [0.15, 0.2) is 0 Å². The van der Waals surface area contributed by atoms with Crippen LogP contribution in [0.5, 0.6) is 0 Å². The molecule has 2 rings (SSSR count). The van der Waals surface area contributed by atoms with Crippen molar-refractivity contribution in [1.82, 2.24) is 9.80 Å². The normalized spacial score (nSPS) is 16.1. The number of hydrogen-bond acceptors (Lipinski definition) is 4. The quantitative estimate of drug-likeness (QED) is 0.903. The van der Waals surface area contributed by atoms with Crippen molar-refractivity contribution in [2.24, 2.45) is 0 Å². The summed E-state index contributed by atoms with van der Waals surface area (Å²) in [4.78, 5) is 27.2. The van der Waals surface area contributed by atoms with Crippen LogP contribution in [0.4, 0.5) is 4.79 Å². The highest BCUT2D eigenvalue weighted by molar-refractivity contribution is 6.33. The molecule has 1 amide bonds. The Balaban J connectivity index is 1.96. The average molecular weight is 355 g/mol. The van der Waals surface area contributed by atoms with Gasteiger partial charge in [-0.25, -0.2) is 9.59 Å². The zero-order valence-electron chi connectivity index (χ0n) is 14.2. The third-order valence-corrected chi connectivity index (χ3v) is 4.05. The molecule has 0 aromatic heterocycles. The Bertz CT molecular complexity index is 620. The molecule has 24 heavy (non-hydrogen) atoms. The minimum atomic E-state index is -1.03. The lowest BCUT2D eigenvalue weighted by Gasteiger charge is -2.35. The van der Waals surface area contributed by atoms with Gasteiger partial charge in [-0.2, -0.15) is 0 Å². The van der Waals surface area contributed by atoms with E-state index < -0.39 is 11.6 Å². The predicted octanol–water partition coefficient (Wildman–Crippen LogP) is 3.09. The van der Waals surface area contributed by atoms with Gasteiger partial charge in [-0.3, -0.25) is 4.90 Å². The van der Waals surface area contributed by atoms with Gasteiger partial charge in [0.05, 0.1) is 10.6 Å². The van der Waals surface area contributed by atoms with Crippen molar-refractivity contribution in [2.75, 3.05) is 26.2 Å². The van der Waals surface area contributed by atoms with E-state index in [-0.39, 0.29) is 16.7 Å². The molecule has 0 atom stereocenters. The summed E-state index contributed by atoms with van der Waals surface area (Å²) in [5.74, 6) is -1.03. The SMILES string of the molecule is CC(C)(C)OC(=O)N1CCN(Cc2cccc(Cl)c2C(=O)O)CC1. The van der Waals surface area contributed by atoms with Gasteiger partial charge >= 0.3 is 12.1 Å². The smallest absolute Gasteiger partial charge is 0.410 e. The molecular weight excluding hydrogens is 332 g/mol. The molecule has 1 heterocycles. The first-order chi connectivity index (χ1) is 11.2. The summed E-state index contributed by atoms with van der Waals surface area (Å²) >= 11 is 6.00. The second-order valence-corrected chi connectivity index (χ2v) is 7.23. The zero-order chi connectivity index (χ0) is 17.9. The number of rotatable bonds is 3. The van der Waals surface area contributed by atoms with Gasteiger partial charge in [0, 0.05) is 32.7 Å². The summed E-state index contributed by atoms with van der Waals surface area (Å²) in [5.41, 5.74) is 0.320. The summed E-state index contributed by atoms with van der Waals surface area (Å²) in [5, 5.41) is 9.57. The van der Waals surface area contributed by atoms with Crippen molar-refractivity contribution in [3.63, 3.8) is 0 Å². The fourth-order valence-electron chi connectivity index (χ4n) is 2.60. The van der Waals surface area contributed by atoms with Crippen molar-refractivity contribution in [3.8, 4) is 0 Å². The maximum atomic E-state index is 12.1. The monoisotopic (exact) mass is 354 g/mol. The molecule has 0 radical (unpaired) electrons. The molecule has 0 saturated carbocycles. The van der Waals surface area contributed by atoms with Gasteiger partial charge in [0.1, 0.15) is 5.60 Å². The number of ether oxygens (including phenoxy) is 1. The number of piperazine rings is 1. The molecule has 0 bridgehead atoms. The second kappa shape index (κ2) is 7.40. The molecule has 7 heteroatoms. The number of aromatic carboxylic acids is 1. The van der Waals surface area contributed by atoms with Crippen LogP contribution < -0.4 is 0 Å². The molecule has 1 aliphatic rings. The van der Waals surface area contributed by atoms with Gasteiger partial charge < -0.3 is 14.7 Å². The van der Waals surface area contributed by atoms with Crippen LogP contribution in [0.15, 0.2) is 18.2 Å². The van der Waals surface area contributed by atoms with E-state index >= 15 is 0 Å². The van der Waals surface area contributed by atoms with Crippen LogP contribution in [0.2, 0.25) is 5.02 Å². The van der Waals surface area contributed by atoms with Crippen LogP contribution in [0, 0.1) is 0 Å². The third kappa shape index (κ3) is 4.85. The minimum absolute atomic E-state index is 0.147. The van der Waals surface area contributed by atoms with E-state index in [9.17, 15) is 14.7 Å². The first-order valence-corrected chi connectivity index (χ1v) is 8.26. The van der Waals surface area contributed by atoms with E-state index in [0.717, 1.165) is 0 Å². The molecule has 1 fully saturated rings. The molecule has 1 saturated heterocycles. The Hall–Kier alpha value is -1.79. The predicted molar refractivity (Wildman–Crippen MR) is 91.5 cm³/mol. The number of amides is 1. The van der Waals surface area contributed by atoms with Gasteiger partial charge in [0.25, 0.3) is 0 Å². The first-order valence-electron chi connectivity index (χ1n) is 7.88.